The molecule has 1 saturated heterocycles. The summed E-state index contributed by atoms with van der Waals surface area (Å²) < 4.78 is 24.5. The van der Waals surface area contributed by atoms with Crippen molar-refractivity contribution in [3.63, 3.8) is 0 Å². The van der Waals surface area contributed by atoms with Gasteiger partial charge in [-0.05, 0) is 12.8 Å². The normalized spacial score (nSPS) is 27.1. The van der Waals surface area contributed by atoms with Gasteiger partial charge in [0.25, 0.3) is 0 Å². The van der Waals surface area contributed by atoms with Crippen molar-refractivity contribution in [2.75, 3.05) is 18.1 Å². The topological polar surface area (TPSA) is 37.4 Å². The van der Waals surface area contributed by atoms with Gasteiger partial charge in [0.2, 0.25) is 10.0 Å². The van der Waals surface area contributed by atoms with Gasteiger partial charge in [-0.3, -0.25) is 0 Å². The predicted molar refractivity (Wildman–Crippen MR) is 57.6 cm³/mol. The van der Waals surface area contributed by atoms with Gasteiger partial charge in [-0.15, -0.1) is 0 Å². The van der Waals surface area contributed by atoms with Gasteiger partial charge in [0.1, 0.15) is 0 Å². The first kappa shape index (κ1) is 11.5. The summed E-state index contributed by atoms with van der Waals surface area (Å²) in [5.41, 5.74) is 0. The van der Waals surface area contributed by atoms with Crippen LogP contribution in [0.1, 0.15) is 25.7 Å². The molecule has 0 aliphatic carbocycles. The largest absolute Gasteiger partial charge is 0.212 e. The molecule has 13 heavy (non-hydrogen) atoms. The molecule has 1 atom stereocenters. The third-order valence-electron chi connectivity index (χ3n) is 2.43. The Hall–Kier alpha value is 0.390. The fraction of sp³-hybridized carbons (Fsp3) is 1.00. The zero-order valence-corrected chi connectivity index (χ0v) is 10.3. The Bertz CT molecular complexity index is 253. The summed E-state index contributed by atoms with van der Waals surface area (Å²) in [5.74, 6) is 0. The van der Waals surface area contributed by atoms with E-state index in [0.29, 0.717) is 6.54 Å². The van der Waals surface area contributed by atoms with Gasteiger partial charge in [-0.1, -0.05) is 28.8 Å². The number of nitrogens with zero attached hydrogens (tertiary/aromatic N) is 1. The van der Waals surface area contributed by atoms with Gasteiger partial charge >= 0.3 is 0 Å². The highest BCUT2D eigenvalue weighted by molar-refractivity contribution is 9.09. The van der Waals surface area contributed by atoms with Crippen molar-refractivity contribution in [1.82, 2.24) is 4.31 Å². The molecule has 1 unspecified atom stereocenters. The molecule has 5 heteroatoms. The number of hydrogen-bond acceptors (Lipinski definition) is 2. The molecule has 1 rings (SSSR count). The maximum absolute atomic E-state index is 11.4. The van der Waals surface area contributed by atoms with Crippen molar-refractivity contribution in [1.29, 1.82) is 0 Å². The van der Waals surface area contributed by atoms with Crippen molar-refractivity contribution in [3.8, 4) is 0 Å². The second-order valence-corrected chi connectivity index (χ2v) is 6.11. The van der Waals surface area contributed by atoms with Crippen LogP contribution in [0.3, 0.4) is 0 Å². The first-order valence-corrected chi connectivity index (χ1v) is 7.55. The first-order valence-electron chi connectivity index (χ1n) is 4.58. The highest BCUT2D eigenvalue weighted by Crippen LogP contribution is 2.20. The van der Waals surface area contributed by atoms with Gasteiger partial charge in [0.15, 0.2) is 0 Å². The molecule has 0 aromatic rings. The molecule has 1 aliphatic heterocycles. The Kier molecular flexibility index (Phi) is 4.19. The van der Waals surface area contributed by atoms with Gasteiger partial charge in [0.05, 0.1) is 6.26 Å². The summed E-state index contributed by atoms with van der Waals surface area (Å²) in [6, 6.07) is 0.164. The third-order valence-corrected chi connectivity index (χ3v) is 4.51. The second-order valence-electron chi connectivity index (χ2n) is 3.53. The maximum Gasteiger partial charge on any atom is 0.211 e. The summed E-state index contributed by atoms with van der Waals surface area (Å²) in [4.78, 5) is 0. The first-order chi connectivity index (χ1) is 6.05. The average molecular weight is 270 g/mol. The van der Waals surface area contributed by atoms with E-state index in [2.05, 4.69) is 15.9 Å². The van der Waals surface area contributed by atoms with Crippen LogP contribution in [-0.2, 0) is 10.0 Å². The Morgan fingerprint density at radius 1 is 1.38 bits per heavy atom. The lowest BCUT2D eigenvalue weighted by molar-refractivity contribution is 0.350. The van der Waals surface area contributed by atoms with Crippen LogP contribution in [-0.4, -0.2) is 36.9 Å². The minimum Gasteiger partial charge on any atom is -0.212 e. The van der Waals surface area contributed by atoms with Crippen LogP contribution < -0.4 is 0 Å². The Balaban J connectivity index is 2.77. The Labute approximate surface area is 88.7 Å². The van der Waals surface area contributed by atoms with Crippen LogP contribution >= 0.6 is 15.9 Å². The van der Waals surface area contributed by atoms with E-state index in [9.17, 15) is 8.42 Å². The van der Waals surface area contributed by atoms with E-state index >= 15 is 0 Å². The molecular formula is C8H16BrNO2S. The van der Waals surface area contributed by atoms with Crippen LogP contribution in [0.4, 0.5) is 0 Å². The monoisotopic (exact) mass is 269 g/mol. The van der Waals surface area contributed by atoms with Crippen molar-refractivity contribution in [3.05, 3.63) is 0 Å². The van der Waals surface area contributed by atoms with E-state index in [0.717, 1.165) is 31.0 Å². The number of alkyl halides is 1. The van der Waals surface area contributed by atoms with Crippen molar-refractivity contribution in [2.24, 2.45) is 0 Å². The van der Waals surface area contributed by atoms with E-state index < -0.39 is 10.0 Å². The zero-order chi connectivity index (χ0) is 9.90. The molecule has 0 N–H and O–H groups in total. The predicted octanol–water partition coefficient (Wildman–Crippen LogP) is 1.59. The van der Waals surface area contributed by atoms with Crippen molar-refractivity contribution >= 4 is 26.0 Å². The van der Waals surface area contributed by atoms with E-state index in [1.54, 1.807) is 4.31 Å². The highest BCUT2D eigenvalue weighted by atomic mass is 79.9. The Morgan fingerprint density at radius 2 is 2.08 bits per heavy atom. The summed E-state index contributed by atoms with van der Waals surface area (Å²) in [5, 5.41) is 0.750. The molecule has 78 valence electrons. The molecular weight excluding hydrogens is 254 g/mol. The fourth-order valence-electron chi connectivity index (χ4n) is 1.74. The second kappa shape index (κ2) is 4.75. The minimum atomic E-state index is -3.01. The quantitative estimate of drug-likeness (QED) is 0.714. The van der Waals surface area contributed by atoms with Gasteiger partial charge in [-0.2, -0.15) is 4.31 Å². The standard InChI is InChI=1S/C8H16BrNO2S/c1-13(11,12)10-6-4-2-3-5-8(10)7-9/h8H,2-7H2,1H3. The third kappa shape index (κ3) is 3.22. The molecule has 0 aromatic heterocycles. The maximum atomic E-state index is 11.4. The molecule has 1 aliphatic rings. The molecule has 0 saturated carbocycles. The van der Waals surface area contributed by atoms with Gasteiger partial charge in [-0.25, -0.2) is 8.42 Å². The molecule has 0 amide bonds. The summed E-state index contributed by atoms with van der Waals surface area (Å²) in [6.07, 6.45) is 5.57. The number of hydrogen-bond donors (Lipinski definition) is 0. The van der Waals surface area contributed by atoms with Crippen LogP contribution in [0, 0.1) is 0 Å². The van der Waals surface area contributed by atoms with E-state index in [4.69, 9.17) is 0 Å². The molecule has 3 nitrogen and oxygen atoms in total. The molecule has 0 bridgehead atoms. The molecule has 1 fully saturated rings. The molecule has 0 aromatic carbocycles. The van der Waals surface area contributed by atoms with Crippen molar-refractivity contribution < 1.29 is 8.42 Å². The lowest BCUT2D eigenvalue weighted by atomic mass is 10.1. The van der Waals surface area contributed by atoms with Gasteiger partial charge in [0, 0.05) is 17.9 Å². The van der Waals surface area contributed by atoms with E-state index in [-0.39, 0.29) is 6.04 Å². The fourth-order valence-corrected chi connectivity index (χ4v) is 3.79. The highest BCUT2D eigenvalue weighted by Gasteiger charge is 2.26. The minimum absolute atomic E-state index is 0.164. The number of halogens is 1. The molecule has 0 spiro atoms. The van der Waals surface area contributed by atoms with Gasteiger partial charge < -0.3 is 0 Å². The van der Waals surface area contributed by atoms with Crippen LogP contribution in [0.2, 0.25) is 0 Å². The Morgan fingerprint density at radius 3 is 2.62 bits per heavy atom. The smallest absolute Gasteiger partial charge is 0.211 e. The van der Waals surface area contributed by atoms with Crippen LogP contribution in [0.15, 0.2) is 0 Å². The van der Waals surface area contributed by atoms with Crippen molar-refractivity contribution in [2.45, 2.75) is 31.7 Å². The summed E-state index contributed by atoms with van der Waals surface area (Å²) in [7, 11) is -3.01. The number of rotatable bonds is 2. The molecule has 0 radical (unpaired) electrons. The number of sulfonamides is 1. The van der Waals surface area contributed by atoms with Crippen LogP contribution in [0.5, 0.6) is 0 Å². The average Bonchev–Trinajstić information content (AvgIpc) is 2.26. The van der Waals surface area contributed by atoms with Crippen LogP contribution in [0.25, 0.3) is 0 Å². The summed E-state index contributed by atoms with van der Waals surface area (Å²) >= 11 is 3.37. The zero-order valence-electron chi connectivity index (χ0n) is 7.87. The van der Waals surface area contributed by atoms with E-state index in [1.165, 1.54) is 6.26 Å². The van der Waals surface area contributed by atoms with E-state index in [1.807, 2.05) is 0 Å². The lowest BCUT2D eigenvalue weighted by Gasteiger charge is -2.25. The summed E-state index contributed by atoms with van der Waals surface area (Å²) in [6.45, 7) is 0.690. The molecule has 1 heterocycles. The lowest BCUT2D eigenvalue weighted by Crippen LogP contribution is -2.40. The SMILES string of the molecule is CS(=O)(=O)N1CCCCCC1CBr.